The van der Waals surface area contributed by atoms with E-state index in [0.29, 0.717) is 0 Å². The first kappa shape index (κ1) is 21.6. The topological polar surface area (TPSA) is 30.2 Å². The lowest BCUT2D eigenvalue weighted by atomic mass is 9.64. The molecule has 0 fully saturated rings. The van der Waals surface area contributed by atoms with Crippen LogP contribution in [0.1, 0.15) is 104 Å². The van der Waals surface area contributed by atoms with Gasteiger partial charge in [-0.05, 0) is 47.6 Å². The summed E-state index contributed by atoms with van der Waals surface area (Å²) >= 11 is 0. The van der Waals surface area contributed by atoms with Crippen LogP contribution in [0.25, 0.3) is 38.1 Å². The number of rotatable bonds is 0. The van der Waals surface area contributed by atoms with E-state index in [4.69, 9.17) is 9.97 Å². The Kier molecular flexibility index (Phi) is 3.81. The van der Waals surface area contributed by atoms with E-state index in [1.54, 1.807) is 0 Å². The van der Waals surface area contributed by atoms with Crippen LogP contribution >= 0.6 is 0 Å². The van der Waals surface area contributed by atoms with Gasteiger partial charge in [0.25, 0.3) is 0 Å². The lowest BCUT2D eigenvalue weighted by Crippen LogP contribution is -2.35. The first-order valence-corrected chi connectivity index (χ1v) is 13.4. The summed E-state index contributed by atoms with van der Waals surface area (Å²) in [6.45, 7) is 19.1. The summed E-state index contributed by atoms with van der Waals surface area (Å²) in [6.07, 6.45) is 9.05. The highest BCUT2D eigenvalue weighted by molar-refractivity contribution is 6.24. The van der Waals surface area contributed by atoms with Crippen LogP contribution in [-0.2, 0) is 21.7 Å². The van der Waals surface area contributed by atoms with E-state index in [1.807, 2.05) is 0 Å². The molecule has 35 heavy (non-hydrogen) atoms. The molecular weight excluding hydrogens is 426 g/mol. The molecule has 3 nitrogen and oxygen atoms in total. The molecule has 5 aromatic rings. The van der Waals surface area contributed by atoms with Gasteiger partial charge in [0.2, 0.25) is 0 Å². The van der Waals surface area contributed by atoms with Crippen LogP contribution in [-0.4, -0.2) is 14.4 Å². The highest BCUT2D eigenvalue weighted by atomic mass is 14.9. The number of para-hydroxylation sites is 1. The van der Waals surface area contributed by atoms with E-state index in [1.165, 1.54) is 86.3 Å². The van der Waals surface area contributed by atoms with Gasteiger partial charge in [-0.3, -0.25) is 9.97 Å². The summed E-state index contributed by atoms with van der Waals surface area (Å²) in [5.41, 5.74) is 9.74. The van der Waals surface area contributed by atoms with Gasteiger partial charge in [-0.15, -0.1) is 0 Å². The summed E-state index contributed by atoms with van der Waals surface area (Å²) in [6, 6.07) is 6.96. The van der Waals surface area contributed by atoms with Gasteiger partial charge in [0.15, 0.2) is 0 Å². The maximum absolute atomic E-state index is 5.19. The number of fused-ring (bicyclic) bond motifs is 10. The number of benzene rings is 1. The summed E-state index contributed by atoms with van der Waals surface area (Å²) in [7, 11) is 0. The van der Waals surface area contributed by atoms with E-state index >= 15 is 0 Å². The monoisotopic (exact) mass is 463 g/mol. The zero-order chi connectivity index (χ0) is 24.7. The second-order valence-electron chi connectivity index (χ2n) is 14.1. The number of hydrogen-bond donors (Lipinski definition) is 0. The summed E-state index contributed by atoms with van der Waals surface area (Å²) in [5.74, 6) is 0. The fraction of sp³-hybridized carbons (Fsp3) is 0.500. The second kappa shape index (κ2) is 6.17. The molecule has 0 bridgehead atoms. The lowest BCUT2D eigenvalue weighted by Gasteiger charge is -2.41. The number of hydrogen-bond acceptors (Lipinski definition) is 2. The van der Waals surface area contributed by atoms with Crippen molar-refractivity contribution >= 4 is 38.1 Å². The standard InChI is InChI=1S/C32H37N3/c1-29(2)12-14-31(5,6)27-24(29)22-18-10-9-11-19-23-21(35(26(18)19)20(22)16-33-27)17-34-28-25(23)30(3,4)13-15-32(28,7)8/h9-11,16-17H,12-15H2,1-8H3. The molecule has 0 amide bonds. The van der Waals surface area contributed by atoms with Gasteiger partial charge in [0, 0.05) is 32.4 Å². The normalized spacial score (nSPS) is 22.2. The average molecular weight is 464 g/mol. The first-order valence-electron chi connectivity index (χ1n) is 13.4. The molecule has 0 atom stereocenters. The number of aromatic nitrogens is 3. The molecule has 4 heterocycles. The molecule has 2 aliphatic carbocycles. The smallest absolute Gasteiger partial charge is 0.0728 e. The molecule has 0 saturated carbocycles. The minimum Gasteiger partial charge on any atom is -0.305 e. The van der Waals surface area contributed by atoms with E-state index in [9.17, 15) is 0 Å². The van der Waals surface area contributed by atoms with Gasteiger partial charge in [-0.2, -0.15) is 0 Å². The van der Waals surface area contributed by atoms with Crippen molar-refractivity contribution < 1.29 is 0 Å². The van der Waals surface area contributed by atoms with Gasteiger partial charge in [0.05, 0.1) is 40.3 Å². The Morgan fingerprint density at radius 2 is 1.00 bits per heavy atom. The van der Waals surface area contributed by atoms with Crippen LogP contribution < -0.4 is 0 Å². The van der Waals surface area contributed by atoms with Crippen molar-refractivity contribution in [1.29, 1.82) is 0 Å². The summed E-state index contributed by atoms with van der Waals surface area (Å²) in [5, 5.41) is 5.57. The highest BCUT2D eigenvalue weighted by Crippen LogP contribution is 2.53. The fourth-order valence-electron chi connectivity index (χ4n) is 7.53. The zero-order valence-corrected chi connectivity index (χ0v) is 22.6. The van der Waals surface area contributed by atoms with Crippen LogP contribution in [0.4, 0.5) is 0 Å². The molecule has 0 radical (unpaired) electrons. The maximum atomic E-state index is 5.19. The number of nitrogens with zero attached hydrogens (tertiary/aromatic N) is 3. The Balaban J connectivity index is 1.72. The third-order valence-corrected chi connectivity index (χ3v) is 9.78. The van der Waals surface area contributed by atoms with Crippen LogP contribution in [0.2, 0.25) is 0 Å². The Labute approximate surface area is 208 Å². The van der Waals surface area contributed by atoms with Crippen LogP contribution in [0.5, 0.6) is 0 Å². The zero-order valence-electron chi connectivity index (χ0n) is 22.6. The molecule has 2 aliphatic rings. The van der Waals surface area contributed by atoms with Gasteiger partial charge < -0.3 is 4.40 Å². The van der Waals surface area contributed by atoms with Crippen molar-refractivity contribution in [3.05, 3.63) is 53.1 Å². The first-order chi connectivity index (χ1) is 16.4. The molecule has 180 valence electrons. The highest BCUT2D eigenvalue weighted by Gasteiger charge is 2.43. The summed E-state index contributed by atoms with van der Waals surface area (Å²) < 4.78 is 2.49. The second-order valence-corrected chi connectivity index (χ2v) is 14.1. The van der Waals surface area contributed by atoms with Crippen LogP contribution in [0.15, 0.2) is 30.6 Å². The molecule has 3 heteroatoms. The third-order valence-electron chi connectivity index (χ3n) is 9.78. The van der Waals surface area contributed by atoms with E-state index in [0.717, 1.165) is 0 Å². The molecule has 0 spiro atoms. The third kappa shape index (κ3) is 2.52. The molecule has 4 aromatic heterocycles. The van der Waals surface area contributed by atoms with Crippen molar-refractivity contribution in [3.8, 4) is 0 Å². The van der Waals surface area contributed by atoms with Gasteiger partial charge in [-0.1, -0.05) is 73.6 Å². The van der Waals surface area contributed by atoms with E-state index in [-0.39, 0.29) is 21.7 Å². The Bertz CT molecular complexity index is 1570. The van der Waals surface area contributed by atoms with Crippen molar-refractivity contribution in [1.82, 2.24) is 14.4 Å². The molecule has 1 aromatic carbocycles. The van der Waals surface area contributed by atoms with E-state index < -0.39 is 0 Å². The van der Waals surface area contributed by atoms with Crippen molar-refractivity contribution in [2.75, 3.05) is 0 Å². The van der Waals surface area contributed by atoms with Crippen LogP contribution in [0.3, 0.4) is 0 Å². The average Bonchev–Trinajstić information content (AvgIpc) is 3.31. The largest absolute Gasteiger partial charge is 0.305 e. The van der Waals surface area contributed by atoms with E-state index in [2.05, 4.69) is 90.4 Å². The van der Waals surface area contributed by atoms with Crippen molar-refractivity contribution in [2.24, 2.45) is 0 Å². The Morgan fingerprint density at radius 3 is 1.43 bits per heavy atom. The predicted molar refractivity (Wildman–Crippen MR) is 147 cm³/mol. The fourth-order valence-corrected chi connectivity index (χ4v) is 7.53. The molecule has 0 N–H and O–H groups in total. The summed E-state index contributed by atoms with van der Waals surface area (Å²) in [4.78, 5) is 10.4. The molecule has 7 rings (SSSR count). The molecule has 0 aliphatic heterocycles. The SMILES string of the molecule is CC1(C)CCC(C)(C)c2c1ncc1c2c2cccc3c4c5c(ncc4n1c23)C(C)(C)CCC5(C)C. The van der Waals surface area contributed by atoms with Crippen molar-refractivity contribution in [2.45, 2.75) is 103 Å². The minimum atomic E-state index is 0.101. The Hall–Kier alpha value is -2.68. The van der Waals surface area contributed by atoms with Gasteiger partial charge >= 0.3 is 0 Å². The molecule has 0 saturated heterocycles. The predicted octanol–water partition coefficient (Wildman–Crippen LogP) is 8.32. The van der Waals surface area contributed by atoms with Crippen LogP contribution in [0, 0.1) is 0 Å². The lowest BCUT2D eigenvalue weighted by molar-refractivity contribution is 0.326. The quantitative estimate of drug-likeness (QED) is 0.231. The Morgan fingerprint density at radius 1 is 0.600 bits per heavy atom. The van der Waals surface area contributed by atoms with Gasteiger partial charge in [-0.25, -0.2) is 0 Å². The van der Waals surface area contributed by atoms with Gasteiger partial charge in [0.1, 0.15) is 0 Å². The maximum Gasteiger partial charge on any atom is 0.0728 e. The number of pyridine rings is 2. The van der Waals surface area contributed by atoms with Crippen molar-refractivity contribution in [3.63, 3.8) is 0 Å². The molecule has 0 unspecified atom stereocenters. The minimum absolute atomic E-state index is 0.101. The molecular formula is C32H37N3.